The topological polar surface area (TPSA) is 109 Å². The number of fused-ring (bicyclic) bond motifs is 1. The molecule has 1 fully saturated rings. The molecule has 0 aromatic carbocycles. The Labute approximate surface area is 211 Å². The second kappa shape index (κ2) is 10.6. The number of ether oxygens (including phenoxy) is 1. The van der Waals surface area contributed by atoms with Crippen molar-refractivity contribution in [3.63, 3.8) is 0 Å². The first-order valence-electron chi connectivity index (χ1n) is 11.5. The predicted molar refractivity (Wildman–Crippen MR) is 121 cm³/mol. The molecule has 0 saturated carbocycles. The van der Waals surface area contributed by atoms with Crippen molar-refractivity contribution in [2.75, 3.05) is 44.3 Å². The van der Waals surface area contributed by atoms with E-state index in [1.165, 1.54) is 4.57 Å². The van der Waals surface area contributed by atoms with E-state index in [0.717, 1.165) is 12.4 Å². The third kappa shape index (κ3) is 5.89. The fourth-order valence-corrected chi connectivity index (χ4v) is 4.14. The van der Waals surface area contributed by atoms with Gasteiger partial charge in [0.05, 0.1) is 53.9 Å². The molecule has 4 heterocycles. The summed E-state index contributed by atoms with van der Waals surface area (Å²) in [5, 5.41) is 5.09. The van der Waals surface area contributed by atoms with E-state index in [1.807, 2.05) is 5.10 Å². The number of aromatic amines is 1. The summed E-state index contributed by atoms with van der Waals surface area (Å²) in [7, 11) is 0. The normalized spacial score (nSPS) is 15.8. The minimum atomic E-state index is -4.73. The van der Waals surface area contributed by atoms with Crippen LogP contribution >= 0.6 is 0 Å². The fourth-order valence-electron chi connectivity index (χ4n) is 4.14. The Balaban J connectivity index is 1.26. The second-order valence-corrected chi connectivity index (χ2v) is 8.72. The number of nitrogens with zero attached hydrogens (tertiary/aromatic N) is 6. The number of rotatable bonds is 7. The smallest absolute Gasteiger partial charge is 0.379 e. The quantitative estimate of drug-likeness (QED) is 0.358. The van der Waals surface area contributed by atoms with Crippen LogP contribution in [-0.4, -0.2) is 74.9 Å². The lowest BCUT2D eigenvalue weighted by Gasteiger charge is -2.34. The van der Waals surface area contributed by atoms with Crippen LogP contribution in [0.15, 0.2) is 29.6 Å². The van der Waals surface area contributed by atoms with Crippen molar-refractivity contribution in [2.45, 2.75) is 31.7 Å². The molecule has 0 radical (unpaired) electrons. The number of carbonyl (C=O) groups excluding carboxylic acids is 1. The van der Waals surface area contributed by atoms with Gasteiger partial charge in [0.1, 0.15) is 0 Å². The van der Waals surface area contributed by atoms with Crippen LogP contribution in [0.3, 0.4) is 0 Å². The van der Waals surface area contributed by atoms with Gasteiger partial charge in [-0.25, -0.2) is 15.1 Å². The second-order valence-electron chi connectivity index (χ2n) is 8.72. The zero-order valence-corrected chi connectivity index (χ0v) is 20.0. The molecule has 0 bridgehead atoms. The molecule has 206 valence electrons. The molecule has 3 aromatic rings. The molecule has 0 aliphatic carbocycles. The largest absolute Gasteiger partial charge is 0.419 e. The van der Waals surface area contributed by atoms with Crippen LogP contribution in [0.2, 0.25) is 0 Å². The molecule has 1 N–H and O–H groups in total. The summed E-state index contributed by atoms with van der Waals surface area (Å²) in [5.74, 6) is -0.0574. The number of alkyl halides is 6. The number of amides is 1. The monoisotopic (exact) mass is 547 g/mol. The van der Waals surface area contributed by atoms with E-state index in [2.05, 4.69) is 15.1 Å². The van der Waals surface area contributed by atoms with Crippen molar-refractivity contribution in [3.05, 3.63) is 46.3 Å². The van der Waals surface area contributed by atoms with E-state index in [1.54, 1.807) is 16.7 Å². The van der Waals surface area contributed by atoms with E-state index >= 15 is 0 Å². The molecule has 1 aliphatic rings. The van der Waals surface area contributed by atoms with Crippen molar-refractivity contribution in [3.8, 4) is 0 Å². The summed E-state index contributed by atoms with van der Waals surface area (Å²) in [6.45, 7) is 2.93. The van der Waals surface area contributed by atoms with Crippen molar-refractivity contribution < 1.29 is 35.9 Å². The summed E-state index contributed by atoms with van der Waals surface area (Å²) in [5.41, 5.74) is -2.94. The van der Waals surface area contributed by atoms with E-state index in [-0.39, 0.29) is 37.0 Å². The molecule has 1 amide bonds. The number of nitrogens with one attached hydrogen (secondary N) is 1. The van der Waals surface area contributed by atoms with Gasteiger partial charge < -0.3 is 19.1 Å². The van der Waals surface area contributed by atoms with Gasteiger partial charge in [0.25, 0.3) is 5.56 Å². The molecule has 3 aromatic heterocycles. The van der Waals surface area contributed by atoms with Crippen LogP contribution in [0.4, 0.5) is 32.3 Å². The zero-order chi connectivity index (χ0) is 27.7. The van der Waals surface area contributed by atoms with Crippen LogP contribution in [0, 0.1) is 0 Å². The summed E-state index contributed by atoms with van der Waals surface area (Å²) in [6, 6.07) is -0.584. The standard InChI is InChI=1S/C22H23F6N7O3/c1-13(35-11-15(22(26,27)28)18-16(35)10-31-32-19(18)37)12-38-7-2-17(36)33-3-5-34(6-4-33)20-29-8-14(9-30-20)21(23,24)25/h8-11,13H,2-7,12H2,1H3,(H,32,37). The summed E-state index contributed by atoms with van der Waals surface area (Å²) in [4.78, 5) is 35.3. The van der Waals surface area contributed by atoms with Gasteiger partial charge in [-0.15, -0.1) is 0 Å². The number of halogens is 6. The Morgan fingerprint density at radius 3 is 2.32 bits per heavy atom. The highest BCUT2D eigenvalue weighted by molar-refractivity contribution is 5.83. The maximum absolute atomic E-state index is 13.4. The van der Waals surface area contributed by atoms with Crippen LogP contribution < -0.4 is 10.5 Å². The van der Waals surface area contributed by atoms with Gasteiger partial charge in [0.15, 0.2) is 0 Å². The molecule has 4 rings (SSSR count). The third-order valence-corrected chi connectivity index (χ3v) is 6.13. The Morgan fingerprint density at radius 2 is 1.71 bits per heavy atom. The van der Waals surface area contributed by atoms with Crippen molar-refractivity contribution in [1.82, 2.24) is 29.6 Å². The third-order valence-electron chi connectivity index (χ3n) is 6.13. The highest BCUT2D eigenvalue weighted by Crippen LogP contribution is 2.35. The zero-order valence-electron chi connectivity index (χ0n) is 20.0. The van der Waals surface area contributed by atoms with Crippen LogP contribution in [0.25, 0.3) is 10.9 Å². The Hall–Kier alpha value is -3.69. The average molecular weight is 547 g/mol. The first-order chi connectivity index (χ1) is 17.9. The van der Waals surface area contributed by atoms with Crippen molar-refractivity contribution >= 4 is 22.8 Å². The van der Waals surface area contributed by atoms with E-state index < -0.39 is 40.5 Å². The number of aromatic nitrogens is 5. The summed E-state index contributed by atoms with van der Waals surface area (Å²) in [6.07, 6.45) is -5.80. The fraction of sp³-hybridized carbons (Fsp3) is 0.500. The van der Waals surface area contributed by atoms with E-state index in [0.29, 0.717) is 38.6 Å². The summed E-state index contributed by atoms with van der Waals surface area (Å²) < 4.78 is 85.1. The molecule has 0 spiro atoms. The maximum Gasteiger partial charge on any atom is 0.419 e. The molecule has 38 heavy (non-hydrogen) atoms. The molecule has 1 atom stereocenters. The summed E-state index contributed by atoms with van der Waals surface area (Å²) >= 11 is 0. The molecular weight excluding hydrogens is 524 g/mol. The maximum atomic E-state index is 13.4. The average Bonchev–Trinajstić information content (AvgIpc) is 3.28. The highest BCUT2D eigenvalue weighted by atomic mass is 19.4. The Bertz CT molecular complexity index is 1330. The Morgan fingerprint density at radius 1 is 1.05 bits per heavy atom. The van der Waals surface area contributed by atoms with E-state index in [9.17, 15) is 35.9 Å². The van der Waals surface area contributed by atoms with E-state index in [4.69, 9.17) is 4.74 Å². The lowest BCUT2D eigenvalue weighted by atomic mass is 10.2. The SMILES string of the molecule is CC(COCCC(=O)N1CCN(c2ncc(C(F)(F)F)cn2)CC1)n1cc(C(F)(F)F)c2c(=O)[nH]ncc21. The number of H-pyrrole nitrogens is 1. The van der Waals surface area contributed by atoms with Crippen molar-refractivity contribution in [1.29, 1.82) is 0 Å². The van der Waals surface area contributed by atoms with Gasteiger partial charge in [-0.1, -0.05) is 0 Å². The minimum Gasteiger partial charge on any atom is -0.379 e. The predicted octanol–water partition coefficient (Wildman–Crippen LogP) is 2.87. The molecule has 1 unspecified atom stereocenters. The number of anilines is 1. The van der Waals surface area contributed by atoms with Crippen molar-refractivity contribution in [2.24, 2.45) is 0 Å². The van der Waals surface area contributed by atoms with Gasteiger partial charge in [-0.05, 0) is 6.92 Å². The van der Waals surface area contributed by atoms with Gasteiger partial charge in [0, 0.05) is 44.8 Å². The minimum absolute atomic E-state index is 0.0137. The van der Waals surface area contributed by atoms with Crippen LogP contribution in [-0.2, 0) is 21.9 Å². The number of hydrogen-bond donors (Lipinski definition) is 1. The van der Waals surface area contributed by atoms with Gasteiger partial charge >= 0.3 is 12.4 Å². The first kappa shape index (κ1) is 27.3. The van der Waals surface area contributed by atoms with Gasteiger partial charge in [0.2, 0.25) is 11.9 Å². The van der Waals surface area contributed by atoms with Gasteiger partial charge in [-0.2, -0.15) is 31.4 Å². The lowest BCUT2D eigenvalue weighted by molar-refractivity contribution is -0.138. The number of piperazine rings is 1. The molecular formula is C22H23F6N7O3. The molecule has 16 heteroatoms. The lowest BCUT2D eigenvalue weighted by Crippen LogP contribution is -2.49. The van der Waals surface area contributed by atoms with Crippen LogP contribution in [0.1, 0.15) is 30.5 Å². The highest BCUT2D eigenvalue weighted by Gasteiger charge is 2.36. The van der Waals surface area contributed by atoms with Gasteiger partial charge in [-0.3, -0.25) is 9.59 Å². The first-order valence-corrected chi connectivity index (χ1v) is 11.5. The number of carbonyl (C=O) groups is 1. The number of hydrogen-bond acceptors (Lipinski definition) is 7. The van der Waals surface area contributed by atoms with Crippen LogP contribution in [0.5, 0.6) is 0 Å². The Kier molecular flexibility index (Phi) is 7.62. The molecule has 1 aliphatic heterocycles. The molecule has 10 nitrogen and oxygen atoms in total. The molecule has 1 saturated heterocycles.